The SMILES string of the molecule is COc1ccc(C(=O)Oc2ccc(-c3ccc(C(=O)Oc4ccc5ccccc5c4-c4c(OC(=O)c5ccc(-c6ccc(OC(=O)c7ccc(OC)cc7)cc6)cc5)ccc5ccccc45)cc3)cc2)cc1. The molecule has 350 valence electrons. The molecule has 0 aliphatic rings. The van der Waals surface area contributed by atoms with Crippen LogP contribution in [0.5, 0.6) is 34.5 Å². The van der Waals surface area contributed by atoms with Crippen molar-refractivity contribution in [2.45, 2.75) is 0 Å². The molecule has 0 spiro atoms. The first-order valence-electron chi connectivity index (χ1n) is 22.8. The van der Waals surface area contributed by atoms with Gasteiger partial charge in [0.05, 0.1) is 36.5 Å². The molecule has 0 aliphatic heterocycles. The van der Waals surface area contributed by atoms with Crippen LogP contribution in [0.1, 0.15) is 41.4 Å². The van der Waals surface area contributed by atoms with Gasteiger partial charge >= 0.3 is 23.9 Å². The molecule has 0 unspecified atom stereocenters. The van der Waals surface area contributed by atoms with E-state index in [0.29, 0.717) is 56.4 Å². The van der Waals surface area contributed by atoms with Crippen LogP contribution in [0.3, 0.4) is 0 Å². The van der Waals surface area contributed by atoms with Gasteiger partial charge in [0.25, 0.3) is 0 Å². The monoisotopic (exact) mass is 946 g/mol. The Morgan fingerprint density at radius 3 is 0.889 bits per heavy atom. The van der Waals surface area contributed by atoms with E-state index >= 15 is 0 Å². The van der Waals surface area contributed by atoms with Crippen LogP contribution in [0.15, 0.2) is 218 Å². The second-order valence-electron chi connectivity index (χ2n) is 16.5. The first kappa shape index (κ1) is 46.0. The molecule has 0 atom stereocenters. The summed E-state index contributed by atoms with van der Waals surface area (Å²) in [5.41, 5.74) is 5.97. The maximum absolute atomic E-state index is 14.1. The number of ether oxygens (including phenoxy) is 6. The zero-order valence-electron chi connectivity index (χ0n) is 38.9. The summed E-state index contributed by atoms with van der Waals surface area (Å²) < 4.78 is 34.1. The van der Waals surface area contributed by atoms with Crippen molar-refractivity contribution in [1.29, 1.82) is 0 Å². The highest BCUT2D eigenvalue weighted by molar-refractivity contribution is 6.11. The van der Waals surface area contributed by atoms with Gasteiger partial charge in [0.1, 0.15) is 34.5 Å². The molecule has 72 heavy (non-hydrogen) atoms. The number of benzene rings is 10. The van der Waals surface area contributed by atoms with Gasteiger partial charge in [-0.25, -0.2) is 19.2 Å². The number of methoxy groups -OCH3 is 2. The minimum absolute atomic E-state index is 0.280. The number of rotatable bonds is 13. The topological polar surface area (TPSA) is 124 Å². The van der Waals surface area contributed by atoms with Crippen molar-refractivity contribution in [3.05, 3.63) is 241 Å². The third-order valence-electron chi connectivity index (χ3n) is 12.1. The van der Waals surface area contributed by atoms with E-state index in [1.165, 1.54) is 0 Å². The summed E-state index contributed by atoms with van der Waals surface area (Å²) in [5.74, 6) is 0.473. The normalized spacial score (nSPS) is 10.9. The van der Waals surface area contributed by atoms with Gasteiger partial charge in [0.2, 0.25) is 0 Å². The van der Waals surface area contributed by atoms with E-state index < -0.39 is 23.9 Å². The average Bonchev–Trinajstić information content (AvgIpc) is 3.43. The number of hydrogen-bond donors (Lipinski definition) is 0. The van der Waals surface area contributed by atoms with Crippen molar-refractivity contribution >= 4 is 45.4 Å². The van der Waals surface area contributed by atoms with Crippen molar-refractivity contribution in [2.75, 3.05) is 14.2 Å². The molecular formula is C62H42O10. The van der Waals surface area contributed by atoms with Crippen molar-refractivity contribution in [1.82, 2.24) is 0 Å². The van der Waals surface area contributed by atoms with Crippen LogP contribution in [-0.4, -0.2) is 38.1 Å². The van der Waals surface area contributed by atoms with Gasteiger partial charge in [0, 0.05) is 11.1 Å². The zero-order chi connectivity index (χ0) is 49.6. The van der Waals surface area contributed by atoms with Gasteiger partial charge < -0.3 is 28.4 Å². The van der Waals surface area contributed by atoms with Crippen LogP contribution >= 0.6 is 0 Å². The average molecular weight is 947 g/mol. The lowest BCUT2D eigenvalue weighted by Gasteiger charge is -2.19. The fraction of sp³-hybridized carbons (Fsp3) is 0.0323. The first-order chi connectivity index (χ1) is 35.2. The summed E-state index contributed by atoms with van der Waals surface area (Å²) in [6.45, 7) is 0. The Morgan fingerprint density at radius 2 is 0.556 bits per heavy atom. The van der Waals surface area contributed by atoms with E-state index in [1.807, 2.05) is 109 Å². The molecular weight excluding hydrogens is 905 g/mol. The van der Waals surface area contributed by atoms with E-state index in [-0.39, 0.29) is 11.5 Å². The van der Waals surface area contributed by atoms with Gasteiger partial charge in [-0.05, 0) is 153 Å². The third kappa shape index (κ3) is 9.87. The predicted molar refractivity (Wildman–Crippen MR) is 276 cm³/mol. The fourth-order valence-corrected chi connectivity index (χ4v) is 8.32. The lowest BCUT2D eigenvalue weighted by molar-refractivity contribution is 0.0723. The minimum Gasteiger partial charge on any atom is -0.497 e. The molecule has 10 nitrogen and oxygen atoms in total. The van der Waals surface area contributed by atoms with Gasteiger partial charge in [-0.1, -0.05) is 109 Å². The van der Waals surface area contributed by atoms with Gasteiger partial charge in [-0.2, -0.15) is 0 Å². The molecule has 0 saturated heterocycles. The van der Waals surface area contributed by atoms with Crippen molar-refractivity contribution in [2.24, 2.45) is 0 Å². The summed E-state index contributed by atoms with van der Waals surface area (Å²) in [6.07, 6.45) is 0. The predicted octanol–water partition coefficient (Wildman–Crippen LogP) is 13.9. The molecule has 0 bridgehead atoms. The summed E-state index contributed by atoms with van der Waals surface area (Å²) in [4.78, 5) is 53.6. The highest BCUT2D eigenvalue weighted by Crippen LogP contribution is 2.46. The first-order valence-corrected chi connectivity index (χ1v) is 22.8. The van der Waals surface area contributed by atoms with Crippen LogP contribution in [-0.2, 0) is 0 Å². The maximum atomic E-state index is 14.1. The number of carbonyl (C=O) groups is 4. The van der Waals surface area contributed by atoms with E-state index in [4.69, 9.17) is 28.4 Å². The van der Waals surface area contributed by atoms with Crippen LogP contribution in [0.25, 0.3) is 54.9 Å². The molecule has 0 fully saturated rings. The Balaban J connectivity index is 0.877. The van der Waals surface area contributed by atoms with Crippen LogP contribution < -0.4 is 28.4 Å². The quantitative estimate of drug-likeness (QED) is 0.0815. The smallest absolute Gasteiger partial charge is 0.343 e. The van der Waals surface area contributed by atoms with Crippen LogP contribution in [0.2, 0.25) is 0 Å². The second kappa shape index (κ2) is 20.4. The van der Waals surface area contributed by atoms with E-state index in [9.17, 15) is 19.2 Å². The lowest BCUT2D eigenvalue weighted by atomic mass is 9.92. The van der Waals surface area contributed by atoms with Gasteiger partial charge in [-0.15, -0.1) is 0 Å². The maximum Gasteiger partial charge on any atom is 0.343 e. The molecule has 0 heterocycles. The number of fused-ring (bicyclic) bond motifs is 2. The van der Waals surface area contributed by atoms with E-state index in [2.05, 4.69) is 0 Å². The Bertz CT molecular complexity index is 3380. The lowest BCUT2D eigenvalue weighted by Crippen LogP contribution is -2.11. The van der Waals surface area contributed by atoms with Gasteiger partial charge in [-0.3, -0.25) is 0 Å². The molecule has 0 aromatic heterocycles. The molecule has 0 radical (unpaired) electrons. The summed E-state index contributed by atoms with van der Waals surface area (Å²) in [5, 5.41) is 3.36. The molecule has 0 N–H and O–H groups in total. The molecule has 0 saturated carbocycles. The molecule has 0 aliphatic carbocycles. The molecule has 10 rings (SSSR count). The number of carbonyl (C=O) groups excluding carboxylic acids is 4. The Morgan fingerprint density at radius 1 is 0.278 bits per heavy atom. The van der Waals surface area contributed by atoms with E-state index in [1.54, 1.807) is 123 Å². The van der Waals surface area contributed by atoms with Gasteiger partial charge in [0.15, 0.2) is 0 Å². The van der Waals surface area contributed by atoms with Crippen molar-refractivity contribution < 1.29 is 47.6 Å². The molecule has 10 aromatic carbocycles. The van der Waals surface area contributed by atoms with E-state index in [0.717, 1.165) is 43.8 Å². The second-order valence-corrected chi connectivity index (χ2v) is 16.5. The van der Waals surface area contributed by atoms with Crippen LogP contribution in [0.4, 0.5) is 0 Å². The molecule has 0 amide bonds. The summed E-state index contributed by atoms with van der Waals surface area (Å²) in [6, 6.07) is 64.5. The highest BCUT2D eigenvalue weighted by Gasteiger charge is 2.23. The third-order valence-corrected chi connectivity index (χ3v) is 12.1. The highest BCUT2D eigenvalue weighted by atomic mass is 16.5. The molecule has 10 heteroatoms. The zero-order valence-corrected chi connectivity index (χ0v) is 38.9. The van der Waals surface area contributed by atoms with Crippen molar-refractivity contribution in [3.63, 3.8) is 0 Å². The summed E-state index contributed by atoms with van der Waals surface area (Å²) in [7, 11) is 3.12. The number of esters is 4. The van der Waals surface area contributed by atoms with Crippen molar-refractivity contribution in [3.8, 4) is 67.9 Å². The fourth-order valence-electron chi connectivity index (χ4n) is 8.32. The van der Waals surface area contributed by atoms with Crippen LogP contribution in [0, 0.1) is 0 Å². The Kier molecular flexibility index (Phi) is 13.0. The number of hydrogen-bond acceptors (Lipinski definition) is 10. The molecule has 10 aromatic rings. The standard InChI is InChI=1S/C62H42O10/c1-67-49-29-23-47(24-30-49)59(63)69-51-33-19-41(20-34-51)39-11-15-45(16-12-39)61(65)71-55-37-27-43-7-3-5-9-53(43)57(55)58-54-10-6-4-8-44(54)28-38-56(58)72-62(66)46-17-13-40(14-18-46)42-21-35-52(36-22-42)70-60(64)48-25-31-50(68-2)32-26-48/h3-38H,1-2H3. The Labute approximate surface area is 414 Å². The minimum atomic E-state index is -0.582. The Hall–Kier alpha value is -9.80. The summed E-state index contributed by atoms with van der Waals surface area (Å²) >= 11 is 0. The largest absolute Gasteiger partial charge is 0.497 e.